The van der Waals surface area contributed by atoms with Crippen LogP contribution in [0.4, 0.5) is 18.9 Å². The second-order valence-corrected chi connectivity index (χ2v) is 7.04. The molecule has 1 aliphatic rings. The highest BCUT2D eigenvalue weighted by Crippen LogP contribution is 2.30. The zero-order valence-electron chi connectivity index (χ0n) is 15.9. The minimum Gasteiger partial charge on any atom is -0.355 e. The largest absolute Gasteiger partial charge is 0.416 e. The van der Waals surface area contributed by atoms with Gasteiger partial charge in [0.25, 0.3) is 5.91 Å². The smallest absolute Gasteiger partial charge is 0.355 e. The van der Waals surface area contributed by atoms with Gasteiger partial charge in [-0.2, -0.15) is 13.2 Å². The summed E-state index contributed by atoms with van der Waals surface area (Å²) in [5.41, 5.74) is 1.12. The molecule has 0 aromatic heterocycles. The van der Waals surface area contributed by atoms with Gasteiger partial charge in [0.2, 0.25) is 5.91 Å². The molecule has 154 valence electrons. The molecule has 1 fully saturated rings. The number of benzene rings is 2. The highest BCUT2D eigenvalue weighted by atomic mass is 19.4. The lowest BCUT2D eigenvalue weighted by Crippen LogP contribution is -2.34. The van der Waals surface area contributed by atoms with Crippen LogP contribution in [0.25, 0.3) is 0 Å². The van der Waals surface area contributed by atoms with Crippen LogP contribution in [0.2, 0.25) is 0 Å². The maximum atomic E-state index is 12.6. The minimum absolute atomic E-state index is 0.142. The third-order valence-electron chi connectivity index (χ3n) is 4.73. The van der Waals surface area contributed by atoms with E-state index in [9.17, 15) is 22.8 Å². The van der Waals surface area contributed by atoms with Crippen molar-refractivity contribution in [3.63, 3.8) is 0 Å². The number of nitrogens with zero attached hydrogens (tertiary/aromatic N) is 1. The van der Waals surface area contributed by atoms with Gasteiger partial charge in [-0.25, -0.2) is 0 Å². The summed E-state index contributed by atoms with van der Waals surface area (Å²) in [4.78, 5) is 26.0. The SMILES string of the molecule is CNC(=O)c1ccc(CN(CC(=O)Nc2ccc(C(F)(F)F)cc2)C2CC2)cc1. The lowest BCUT2D eigenvalue weighted by molar-refractivity contribution is -0.137. The van der Waals surface area contributed by atoms with Crippen molar-refractivity contribution in [3.8, 4) is 0 Å². The number of hydrogen-bond acceptors (Lipinski definition) is 3. The Kier molecular flexibility index (Phi) is 6.22. The van der Waals surface area contributed by atoms with E-state index >= 15 is 0 Å². The first-order chi connectivity index (χ1) is 13.8. The van der Waals surface area contributed by atoms with E-state index in [0.717, 1.165) is 30.5 Å². The summed E-state index contributed by atoms with van der Waals surface area (Å²) in [7, 11) is 1.57. The number of nitrogens with one attached hydrogen (secondary N) is 2. The van der Waals surface area contributed by atoms with E-state index in [1.165, 1.54) is 12.1 Å². The molecule has 0 saturated heterocycles. The summed E-state index contributed by atoms with van der Waals surface area (Å²) in [6.07, 6.45) is -2.40. The molecule has 0 atom stereocenters. The number of halogens is 3. The summed E-state index contributed by atoms with van der Waals surface area (Å²) in [6.45, 7) is 0.696. The summed E-state index contributed by atoms with van der Waals surface area (Å²) in [5, 5.41) is 5.22. The fraction of sp³-hybridized carbons (Fsp3) is 0.333. The number of anilines is 1. The van der Waals surface area contributed by atoms with E-state index < -0.39 is 11.7 Å². The van der Waals surface area contributed by atoms with E-state index in [0.29, 0.717) is 23.8 Å². The second kappa shape index (κ2) is 8.65. The van der Waals surface area contributed by atoms with E-state index in [1.54, 1.807) is 19.2 Å². The van der Waals surface area contributed by atoms with E-state index in [4.69, 9.17) is 0 Å². The van der Waals surface area contributed by atoms with Crippen molar-refractivity contribution in [3.05, 3.63) is 65.2 Å². The Labute approximate surface area is 166 Å². The Morgan fingerprint density at radius 3 is 2.17 bits per heavy atom. The number of amides is 2. The number of carbonyl (C=O) groups excluding carboxylic acids is 2. The fourth-order valence-electron chi connectivity index (χ4n) is 3.02. The monoisotopic (exact) mass is 405 g/mol. The van der Waals surface area contributed by atoms with Crippen LogP contribution in [-0.4, -0.2) is 36.3 Å². The predicted octanol–water partition coefficient (Wildman–Crippen LogP) is 3.67. The number of carbonyl (C=O) groups is 2. The van der Waals surface area contributed by atoms with Crippen molar-refractivity contribution in [2.75, 3.05) is 18.9 Å². The molecule has 0 unspecified atom stereocenters. The van der Waals surface area contributed by atoms with Gasteiger partial charge in [-0.15, -0.1) is 0 Å². The Bertz CT molecular complexity index is 860. The van der Waals surface area contributed by atoms with Gasteiger partial charge >= 0.3 is 6.18 Å². The molecule has 2 amide bonds. The Balaban J connectivity index is 1.59. The van der Waals surface area contributed by atoms with E-state index in [2.05, 4.69) is 10.6 Å². The maximum Gasteiger partial charge on any atom is 0.416 e. The predicted molar refractivity (Wildman–Crippen MR) is 103 cm³/mol. The average Bonchev–Trinajstić information content (AvgIpc) is 3.52. The Morgan fingerprint density at radius 1 is 1.03 bits per heavy atom. The molecule has 0 heterocycles. The van der Waals surface area contributed by atoms with Gasteiger partial charge in [0.05, 0.1) is 12.1 Å². The van der Waals surface area contributed by atoms with Crippen LogP contribution in [0.3, 0.4) is 0 Å². The average molecular weight is 405 g/mol. The van der Waals surface area contributed by atoms with Crippen LogP contribution in [0.15, 0.2) is 48.5 Å². The van der Waals surface area contributed by atoms with Crippen LogP contribution in [0.5, 0.6) is 0 Å². The van der Waals surface area contributed by atoms with Crippen molar-refractivity contribution >= 4 is 17.5 Å². The number of rotatable bonds is 7. The third-order valence-corrected chi connectivity index (χ3v) is 4.73. The number of alkyl halides is 3. The molecule has 2 aromatic rings. The quantitative estimate of drug-likeness (QED) is 0.739. The third kappa shape index (κ3) is 5.80. The molecule has 2 aromatic carbocycles. The van der Waals surface area contributed by atoms with Gasteiger partial charge in [0, 0.05) is 30.9 Å². The van der Waals surface area contributed by atoms with Crippen LogP contribution in [-0.2, 0) is 17.5 Å². The molecular formula is C21H22F3N3O2. The maximum absolute atomic E-state index is 12.6. The van der Waals surface area contributed by atoms with Crippen molar-refractivity contribution in [2.24, 2.45) is 0 Å². The molecule has 3 rings (SSSR count). The van der Waals surface area contributed by atoms with Crippen molar-refractivity contribution in [2.45, 2.75) is 31.6 Å². The standard InChI is InChI=1S/C21H22F3N3O2/c1-25-20(29)15-4-2-14(3-5-15)12-27(18-10-11-18)13-19(28)26-17-8-6-16(7-9-17)21(22,23)24/h2-9,18H,10-13H2,1H3,(H,25,29)(H,26,28). The highest BCUT2D eigenvalue weighted by molar-refractivity contribution is 5.94. The molecule has 29 heavy (non-hydrogen) atoms. The fourth-order valence-corrected chi connectivity index (χ4v) is 3.02. The molecule has 0 spiro atoms. The topological polar surface area (TPSA) is 61.4 Å². The molecule has 8 heteroatoms. The lowest BCUT2D eigenvalue weighted by atomic mass is 10.1. The van der Waals surface area contributed by atoms with Gasteiger partial charge in [0.1, 0.15) is 0 Å². The summed E-state index contributed by atoms with van der Waals surface area (Å²) < 4.78 is 37.9. The van der Waals surface area contributed by atoms with Gasteiger partial charge in [-0.05, 0) is 54.8 Å². The van der Waals surface area contributed by atoms with Crippen LogP contribution < -0.4 is 10.6 Å². The van der Waals surface area contributed by atoms with Crippen molar-refractivity contribution in [1.29, 1.82) is 0 Å². The van der Waals surface area contributed by atoms with Gasteiger partial charge in [0.15, 0.2) is 0 Å². The first-order valence-electron chi connectivity index (χ1n) is 9.28. The second-order valence-electron chi connectivity index (χ2n) is 7.04. The summed E-state index contributed by atoms with van der Waals surface area (Å²) >= 11 is 0. The summed E-state index contributed by atoms with van der Waals surface area (Å²) in [6, 6.07) is 11.9. The molecule has 0 aliphatic heterocycles. The number of hydrogen-bond donors (Lipinski definition) is 2. The Hall–Kier alpha value is -2.87. The van der Waals surface area contributed by atoms with Gasteiger partial charge in [-0.3, -0.25) is 14.5 Å². The molecule has 2 N–H and O–H groups in total. The van der Waals surface area contributed by atoms with Crippen LogP contribution >= 0.6 is 0 Å². The van der Waals surface area contributed by atoms with E-state index in [1.807, 2.05) is 17.0 Å². The minimum atomic E-state index is -4.40. The zero-order valence-corrected chi connectivity index (χ0v) is 15.9. The van der Waals surface area contributed by atoms with Gasteiger partial charge in [-0.1, -0.05) is 12.1 Å². The zero-order chi connectivity index (χ0) is 21.0. The molecule has 0 radical (unpaired) electrons. The normalized spacial score (nSPS) is 14.0. The first kappa shape index (κ1) is 20.9. The molecule has 0 bridgehead atoms. The lowest BCUT2D eigenvalue weighted by Gasteiger charge is -2.21. The van der Waals surface area contributed by atoms with E-state index in [-0.39, 0.29) is 18.4 Å². The van der Waals surface area contributed by atoms with Crippen molar-refractivity contribution in [1.82, 2.24) is 10.2 Å². The molecule has 1 aliphatic carbocycles. The first-order valence-corrected chi connectivity index (χ1v) is 9.28. The highest BCUT2D eigenvalue weighted by Gasteiger charge is 2.31. The molecule has 5 nitrogen and oxygen atoms in total. The molecule has 1 saturated carbocycles. The van der Waals surface area contributed by atoms with Crippen LogP contribution in [0, 0.1) is 0 Å². The van der Waals surface area contributed by atoms with Gasteiger partial charge < -0.3 is 10.6 Å². The Morgan fingerprint density at radius 2 is 1.66 bits per heavy atom. The summed E-state index contributed by atoms with van der Waals surface area (Å²) in [5.74, 6) is -0.440. The van der Waals surface area contributed by atoms with Crippen LogP contribution in [0.1, 0.15) is 34.3 Å². The molecular weight excluding hydrogens is 383 g/mol. The van der Waals surface area contributed by atoms with Crippen molar-refractivity contribution < 1.29 is 22.8 Å².